The summed E-state index contributed by atoms with van der Waals surface area (Å²) in [6.07, 6.45) is 2.08. The van der Waals surface area contributed by atoms with Crippen LogP contribution in [0.5, 0.6) is 0 Å². The first-order valence-electron chi connectivity index (χ1n) is 5.69. The summed E-state index contributed by atoms with van der Waals surface area (Å²) in [5, 5.41) is 8.85. The van der Waals surface area contributed by atoms with Crippen LogP contribution >= 0.6 is 0 Å². The fourth-order valence-corrected chi connectivity index (χ4v) is 2.02. The van der Waals surface area contributed by atoms with E-state index in [4.69, 9.17) is 5.26 Å². The van der Waals surface area contributed by atoms with Crippen LogP contribution in [0.25, 0.3) is 11.0 Å². The molecule has 1 aromatic carbocycles. The Hall–Kier alpha value is -1.82. The van der Waals surface area contributed by atoms with Crippen molar-refractivity contribution in [3.8, 4) is 6.07 Å². The van der Waals surface area contributed by atoms with Crippen molar-refractivity contribution in [2.45, 2.75) is 33.2 Å². The zero-order valence-electron chi connectivity index (χ0n) is 9.70. The van der Waals surface area contributed by atoms with E-state index in [1.54, 1.807) is 0 Å². The minimum Gasteiger partial charge on any atom is -0.328 e. The molecule has 0 saturated heterocycles. The topological polar surface area (TPSA) is 41.6 Å². The first kappa shape index (κ1) is 10.7. The average Bonchev–Trinajstić information content (AvgIpc) is 2.65. The number of nitriles is 1. The Labute approximate surface area is 95.3 Å². The lowest BCUT2D eigenvalue weighted by molar-refractivity contribution is 0.700. The van der Waals surface area contributed by atoms with Crippen molar-refractivity contribution in [2.24, 2.45) is 0 Å². The molecule has 0 amide bonds. The Kier molecular flexibility index (Phi) is 2.91. The molecule has 0 atom stereocenters. The van der Waals surface area contributed by atoms with Gasteiger partial charge in [0.05, 0.1) is 22.7 Å². The van der Waals surface area contributed by atoms with Gasteiger partial charge in [-0.05, 0) is 31.5 Å². The SMILES string of the molecule is CCCc1nc2cc(C#N)ccc2n1CC. The monoisotopic (exact) mass is 213 g/mol. The molecule has 1 aromatic heterocycles. The minimum absolute atomic E-state index is 0.677. The second-order valence-electron chi connectivity index (χ2n) is 3.84. The summed E-state index contributed by atoms with van der Waals surface area (Å²) in [5.74, 6) is 1.12. The Morgan fingerprint density at radius 2 is 2.19 bits per heavy atom. The molecule has 0 fully saturated rings. The largest absolute Gasteiger partial charge is 0.328 e. The maximum Gasteiger partial charge on any atom is 0.109 e. The van der Waals surface area contributed by atoms with E-state index in [1.807, 2.05) is 18.2 Å². The molecule has 0 aliphatic rings. The summed E-state index contributed by atoms with van der Waals surface area (Å²) in [6.45, 7) is 5.20. The molecule has 0 saturated carbocycles. The summed E-state index contributed by atoms with van der Waals surface area (Å²) in [7, 11) is 0. The van der Waals surface area contributed by atoms with Crippen molar-refractivity contribution >= 4 is 11.0 Å². The molecule has 1 heterocycles. The van der Waals surface area contributed by atoms with Crippen molar-refractivity contribution in [1.82, 2.24) is 9.55 Å². The predicted molar refractivity (Wildman–Crippen MR) is 64.1 cm³/mol. The maximum absolute atomic E-state index is 8.85. The Bertz CT molecular complexity index is 546. The second-order valence-corrected chi connectivity index (χ2v) is 3.84. The maximum atomic E-state index is 8.85. The van der Waals surface area contributed by atoms with Crippen molar-refractivity contribution in [3.63, 3.8) is 0 Å². The number of imidazole rings is 1. The van der Waals surface area contributed by atoms with Gasteiger partial charge in [-0.15, -0.1) is 0 Å². The molecular formula is C13H15N3. The molecular weight excluding hydrogens is 198 g/mol. The first-order valence-corrected chi connectivity index (χ1v) is 5.69. The summed E-state index contributed by atoms with van der Waals surface area (Å²) in [5.41, 5.74) is 2.74. The molecule has 2 aromatic rings. The van der Waals surface area contributed by atoms with E-state index in [-0.39, 0.29) is 0 Å². The van der Waals surface area contributed by atoms with Gasteiger partial charge < -0.3 is 4.57 Å². The van der Waals surface area contributed by atoms with Gasteiger partial charge in [-0.3, -0.25) is 0 Å². The van der Waals surface area contributed by atoms with Gasteiger partial charge in [-0.25, -0.2) is 4.98 Å². The number of benzene rings is 1. The summed E-state index contributed by atoms with van der Waals surface area (Å²) in [6, 6.07) is 7.85. The van der Waals surface area contributed by atoms with Crippen LogP contribution in [0.15, 0.2) is 18.2 Å². The zero-order chi connectivity index (χ0) is 11.5. The van der Waals surface area contributed by atoms with Crippen molar-refractivity contribution < 1.29 is 0 Å². The van der Waals surface area contributed by atoms with Crippen LogP contribution in [0.2, 0.25) is 0 Å². The smallest absolute Gasteiger partial charge is 0.109 e. The Morgan fingerprint density at radius 3 is 2.81 bits per heavy atom. The van der Waals surface area contributed by atoms with Crippen LogP contribution in [0.3, 0.4) is 0 Å². The lowest BCUT2D eigenvalue weighted by Crippen LogP contribution is -2.00. The van der Waals surface area contributed by atoms with Crippen molar-refractivity contribution in [3.05, 3.63) is 29.6 Å². The van der Waals surface area contributed by atoms with Crippen LogP contribution in [-0.4, -0.2) is 9.55 Å². The van der Waals surface area contributed by atoms with Crippen molar-refractivity contribution in [1.29, 1.82) is 5.26 Å². The molecule has 0 spiro atoms. The third-order valence-electron chi connectivity index (χ3n) is 2.75. The average molecular weight is 213 g/mol. The minimum atomic E-state index is 0.677. The normalized spacial score (nSPS) is 10.6. The highest BCUT2D eigenvalue weighted by Gasteiger charge is 2.08. The Morgan fingerprint density at radius 1 is 1.38 bits per heavy atom. The lowest BCUT2D eigenvalue weighted by Gasteiger charge is -2.04. The van der Waals surface area contributed by atoms with Gasteiger partial charge >= 0.3 is 0 Å². The van der Waals surface area contributed by atoms with Crippen LogP contribution in [0, 0.1) is 11.3 Å². The van der Waals surface area contributed by atoms with Gasteiger partial charge in [-0.2, -0.15) is 5.26 Å². The van der Waals surface area contributed by atoms with E-state index in [0.29, 0.717) is 5.56 Å². The second kappa shape index (κ2) is 4.36. The zero-order valence-corrected chi connectivity index (χ0v) is 9.70. The fraction of sp³-hybridized carbons (Fsp3) is 0.385. The van der Waals surface area contributed by atoms with Gasteiger partial charge in [0.25, 0.3) is 0 Å². The highest BCUT2D eigenvalue weighted by Crippen LogP contribution is 2.18. The van der Waals surface area contributed by atoms with Crippen LogP contribution in [0.4, 0.5) is 0 Å². The van der Waals surface area contributed by atoms with Gasteiger partial charge in [0, 0.05) is 13.0 Å². The molecule has 0 N–H and O–H groups in total. The number of fused-ring (bicyclic) bond motifs is 1. The van der Waals surface area contributed by atoms with E-state index in [1.165, 1.54) is 0 Å². The van der Waals surface area contributed by atoms with Crippen molar-refractivity contribution in [2.75, 3.05) is 0 Å². The van der Waals surface area contributed by atoms with Crippen LogP contribution in [-0.2, 0) is 13.0 Å². The number of hydrogen-bond acceptors (Lipinski definition) is 2. The van der Waals surface area contributed by atoms with E-state index >= 15 is 0 Å². The number of hydrogen-bond donors (Lipinski definition) is 0. The fourth-order valence-electron chi connectivity index (χ4n) is 2.02. The van der Waals surface area contributed by atoms with E-state index in [9.17, 15) is 0 Å². The Balaban J connectivity index is 2.62. The summed E-state index contributed by atoms with van der Waals surface area (Å²) < 4.78 is 2.22. The molecule has 0 aliphatic heterocycles. The highest BCUT2D eigenvalue weighted by atomic mass is 15.1. The molecule has 82 valence electrons. The quantitative estimate of drug-likeness (QED) is 0.786. The van der Waals surface area contributed by atoms with Gasteiger partial charge in [0.1, 0.15) is 5.82 Å². The molecule has 2 rings (SSSR count). The van der Waals surface area contributed by atoms with Gasteiger partial charge in [0.2, 0.25) is 0 Å². The lowest BCUT2D eigenvalue weighted by atomic mass is 10.2. The summed E-state index contributed by atoms with van der Waals surface area (Å²) in [4.78, 5) is 4.59. The molecule has 0 bridgehead atoms. The molecule has 16 heavy (non-hydrogen) atoms. The number of rotatable bonds is 3. The third-order valence-corrected chi connectivity index (χ3v) is 2.75. The standard InChI is InChI=1S/C13H15N3/c1-3-5-13-15-11-8-10(9-14)6-7-12(11)16(13)4-2/h6-8H,3-5H2,1-2H3. The van der Waals surface area contributed by atoms with Gasteiger partial charge in [0.15, 0.2) is 0 Å². The predicted octanol–water partition coefficient (Wildman–Crippen LogP) is 2.88. The molecule has 3 nitrogen and oxygen atoms in total. The summed E-state index contributed by atoms with van der Waals surface area (Å²) >= 11 is 0. The van der Waals surface area contributed by atoms with Crippen LogP contribution in [0.1, 0.15) is 31.7 Å². The molecule has 0 radical (unpaired) electrons. The van der Waals surface area contributed by atoms with Gasteiger partial charge in [-0.1, -0.05) is 6.92 Å². The van der Waals surface area contributed by atoms with E-state index in [0.717, 1.165) is 36.2 Å². The molecule has 3 heteroatoms. The highest BCUT2D eigenvalue weighted by molar-refractivity contribution is 5.77. The van der Waals surface area contributed by atoms with E-state index < -0.39 is 0 Å². The van der Waals surface area contributed by atoms with Crippen LogP contribution < -0.4 is 0 Å². The third kappa shape index (κ3) is 1.67. The number of nitrogens with zero attached hydrogens (tertiary/aromatic N) is 3. The number of aromatic nitrogens is 2. The first-order chi connectivity index (χ1) is 7.80. The van der Waals surface area contributed by atoms with E-state index in [2.05, 4.69) is 29.5 Å². The molecule has 0 unspecified atom stereocenters. The number of aryl methyl sites for hydroxylation is 2. The molecule has 0 aliphatic carbocycles.